The number of nitrogens with zero attached hydrogens (tertiary/aromatic N) is 4. The molecule has 5 nitrogen and oxygen atoms in total. The molecule has 0 saturated heterocycles. The maximum atomic E-state index is 12.8. The summed E-state index contributed by atoms with van der Waals surface area (Å²) >= 11 is 1.42. The van der Waals surface area contributed by atoms with Gasteiger partial charge in [0.2, 0.25) is 0 Å². The molecule has 4 rings (SSSR count). The molecule has 0 atom stereocenters. The van der Waals surface area contributed by atoms with E-state index in [0.29, 0.717) is 5.75 Å². The number of thioether (sulfide) groups is 1. The number of aromatic nitrogens is 4. The average molecular weight is 391 g/mol. The summed E-state index contributed by atoms with van der Waals surface area (Å²) in [4.78, 5) is 12.8. The number of pyridine rings is 1. The Morgan fingerprint density at radius 3 is 2.64 bits per heavy atom. The molecule has 0 bridgehead atoms. The molecule has 4 aromatic rings. The number of hydrogen-bond acceptors (Lipinski definition) is 4. The number of rotatable bonds is 7. The molecule has 0 unspecified atom stereocenters. The molecule has 142 valence electrons. The Kier molecular flexibility index (Phi) is 5.30. The number of Topliss-reactive ketones (excluding diaryl/α,β-unsaturated/α-hetero) is 1. The lowest BCUT2D eigenvalue weighted by molar-refractivity contribution is 0.102. The average Bonchev–Trinajstić information content (AvgIpc) is 3.26. The highest BCUT2D eigenvalue weighted by Crippen LogP contribution is 2.22. The van der Waals surface area contributed by atoms with Gasteiger partial charge in [-0.3, -0.25) is 9.20 Å². The van der Waals surface area contributed by atoms with Gasteiger partial charge in [0.05, 0.1) is 5.75 Å². The van der Waals surface area contributed by atoms with E-state index in [2.05, 4.69) is 46.0 Å². The van der Waals surface area contributed by atoms with Crippen LogP contribution in [0.1, 0.15) is 27.3 Å². The van der Waals surface area contributed by atoms with Gasteiger partial charge in [-0.2, -0.15) is 0 Å². The van der Waals surface area contributed by atoms with Crippen LogP contribution in [0.25, 0.3) is 5.65 Å². The summed E-state index contributed by atoms with van der Waals surface area (Å²) < 4.78 is 4.14. The first kappa shape index (κ1) is 18.5. The molecule has 6 heteroatoms. The van der Waals surface area contributed by atoms with Crippen LogP contribution >= 0.6 is 11.8 Å². The number of aryl methyl sites for hydroxylation is 2. The Morgan fingerprint density at radius 2 is 1.82 bits per heavy atom. The predicted octanol–water partition coefficient (Wildman–Crippen LogP) is 4.37. The maximum Gasteiger partial charge on any atom is 0.196 e. The number of carbonyl (C=O) groups excluding carboxylic acids is 1. The molecular formula is C22H22N4OS. The summed E-state index contributed by atoms with van der Waals surface area (Å²) in [5.41, 5.74) is 5.04. The third-order valence-electron chi connectivity index (χ3n) is 4.96. The standard InChI is InChI=1S/C22H22N4OS/c1-16-14-19(17(2)25(16)13-11-18-8-4-3-5-9-18)20(27)15-28-22-24-23-21-10-6-7-12-26(21)22/h3-10,12,14H,11,13,15H2,1-2H3. The lowest BCUT2D eigenvalue weighted by Crippen LogP contribution is -2.08. The highest BCUT2D eigenvalue weighted by Gasteiger charge is 2.17. The van der Waals surface area contributed by atoms with Gasteiger partial charge in [0.25, 0.3) is 0 Å². The molecule has 3 aromatic heterocycles. The summed E-state index contributed by atoms with van der Waals surface area (Å²) in [6.45, 7) is 4.97. The molecule has 0 aliphatic rings. The monoisotopic (exact) mass is 390 g/mol. The zero-order valence-corrected chi connectivity index (χ0v) is 16.8. The smallest absolute Gasteiger partial charge is 0.196 e. The number of ketones is 1. The molecule has 0 aliphatic carbocycles. The predicted molar refractivity (Wildman–Crippen MR) is 112 cm³/mol. The molecule has 0 radical (unpaired) electrons. The molecule has 0 amide bonds. The molecule has 0 aliphatic heterocycles. The minimum absolute atomic E-state index is 0.122. The number of fused-ring (bicyclic) bond motifs is 1. The van der Waals surface area contributed by atoms with E-state index in [1.807, 2.05) is 47.9 Å². The minimum Gasteiger partial charge on any atom is -0.348 e. The fourth-order valence-corrected chi connectivity index (χ4v) is 4.25. The first-order chi connectivity index (χ1) is 13.6. The normalized spacial score (nSPS) is 11.2. The van der Waals surface area contributed by atoms with Crippen molar-refractivity contribution in [3.8, 4) is 0 Å². The van der Waals surface area contributed by atoms with E-state index in [1.54, 1.807) is 0 Å². The Hall–Kier alpha value is -2.86. The molecular weight excluding hydrogens is 368 g/mol. The van der Waals surface area contributed by atoms with Gasteiger partial charge in [-0.05, 0) is 44.0 Å². The summed E-state index contributed by atoms with van der Waals surface area (Å²) in [6, 6.07) is 18.2. The summed E-state index contributed by atoms with van der Waals surface area (Å²) in [5, 5.41) is 9.06. The van der Waals surface area contributed by atoms with E-state index in [1.165, 1.54) is 17.3 Å². The summed E-state index contributed by atoms with van der Waals surface area (Å²) in [7, 11) is 0. The second kappa shape index (κ2) is 8.02. The molecule has 0 saturated carbocycles. The van der Waals surface area contributed by atoms with Gasteiger partial charge >= 0.3 is 0 Å². The largest absolute Gasteiger partial charge is 0.348 e. The van der Waals surface area contributed by atoms with Crippen LogP contribution < -0.4 is 0 Å². The third-order valence-corrected chi connectivity index (χ3v) is 5.90. The Labute approximate surface area is 168 Å². The molecule has 0 spiro atoms. The van der Waals surface area contributed by atoms with Crippen molar-refractivity contribution in [2.45, 2.75) is 32.0 Å². The van der Waals surface area contributed by atoms with Crippen molar-refractivity contribution in [3.05, 3.63) is 83.3 Å². The number of carbonyl (C=O) groups is 1. The van der Waals surface area contributed by atoms with Crippen molar-refractivity contribution in [2.24, 2.45) is 0 Å². The van der Waals surface area contributed by atoms with E-state index < -0.39 is 0 Å². The molecule has 0 N–H and O–H groups in total. The van der Waals surface area contributed by atoms with Crippen LogP contribution in [0.2, 0.25) is 0 Å². The van der Waals surface area contributed by atoms with E-state index in [9.17, 15) is 4.79 Å². The van der Waals surface area contributed by atoms with Gasteiger partial charge in [0.1, 0.15) is 0 Å². The lowest BCUT2D eigenvalue weighted by atomic mass is 10.1. The van der Waals surface area contributed by atoms with Crippen LogP contribution in [0.5, 0.6) is 0 Å². The maximum absolute atomic E-state index is 12.8. The van der Waals surface area contributed by atoms with Gasteiger partial charge in [0.15, 0.2) is 16.6 Å². The zero-order valence-electron chi connectivity index (χ0n) is 16.0. The van der Waals surface area contributed by atoms with Gasteiger partial charge in [-0.1, -0.05) is 48.2 Å². The van der Waals surface area contributed by atoms with Gasteiger partial charge in [-0.15, -0.1) is 10.2 Å². The topological polar surface area (TPSA) is 52.2 Å². The summed E-state index contributed by atoms with van der Waals surface area (Å²) in [5.74, 6) is 0.468. The minimum atomic E-state index is 0.122. The van der Waals surface area contributed by atoms with Crippen LogP contribution in [0.3, 0.4) is 0 Å². The second-order valence-electron chi connectivity index (χ2n) is 6.80. The van der Waals surface area contributed by atoms with Crippen molar-refractivity contribution >= 4 is 23.2 Å². The van der Waals surface area contributed by atoms with Crippen molar-refractivity contribution < 1.29 is 4.79 Å². The molecule has 0 fully saturated rings. The Bertz CT molecular complexity index is 1110. The molecule has 1 aromatic carbocycles. The second-order valence-corrected chi connectivity index (χ2v) is 7.74. The molecule has 28 heavy (non-hydrogen) atoms. The van der Waals surface area contributed by atoms with E-state index in [4.69, 9.17) is 0 Å². The first-order valence-corrected chi connectivity index (χ1v) is 10.3. The fourth-order valence-electron chi connectivity index (χ4n) is 3.44. The van der Waals surface area contributed by atoms with E-state index >= 15 is 0 Å². The van der Waals surface area contributed by atoms with Crippen LogP contribution in [0.15, 0.2) is 66.0 Å². The summed E-state index contributed by atoms with van der Waals surface area (Å²) in [6.07, 6.45) is 2.86. The number of hydrogen-bond donors (Lipinski definition) is 0. The highest BCUT2D eigenvalue weighted by atomic mass is 32.2. The van der Waals surface area contributed by atoms with Crippen molar-refractivity contribution in [2.75, 3.05) is 5.75 Å². The molecule has 3 heterocycles. The SMILES string of the molecule is Cc1cc(C(=O)CSc2nnc3ccccn23)c(C)n1CCc1ccccc1. The van der Waals surface area contributed by atoms with Crippen LogP contribution in [0, 0.1) is 13.8 Å². The first-order valence-electron chi connectivity index (χ1n) is 9.30. The Morgan fingerprint density at radius 1 is 1.04 bits per heavy atom. The van der Waals surface area contributed by atoms with Gasteiger partial charge < -0.3 is 4.57 Å². The zero-order chi connectivity index (χ0) is 19.5. The van der Waals surface area contributed by atoms with E-state index in [-0.39, 0.29) is 5.78 Å². The third kappa shape index (κ3) is 3.73. The van der Waals surface area contributed by atoms with E-state index in [0.717, 1.165) is 40.7 Å². The van der Waals surface area contributed by atoms with Crippen LogP contribution in [0.4, 0.5) is 0 Å². The Balaban J connectivity index is 1.45. The lowest BCUT2D eigenvalue weighted by Gasteiger charge is -2.10. The van der Waals surface area contributed by atoms with Crippen molar-refractivity contribution in [1.82, 2.24) is 19.2 Å². The van der Waals surface area contributed by atoms with Crippen molar-refractivity contribution in [1.29, 1.82) is 0 Å². The van der Waals surface area contributed by atoms with Gasteiger partial charge in [0, 0.05) is 29.7 Å². The fraction of sp³-hybridized carbons (Fsp3) is 0.227. The van der Waals surface area contributed by atoms with Gasteiger partial charge in [-0.25, -0.2) is 0 Å². The van der Waals surface area contributed by atoms with Crippen LogP contribution in [-0.2, 0) is 13.0 Å². The highest BCUT2D eigenvalue weighted by molar-refractivity contribution is 7.99. The number of benzene rings is 1. The quantitative estimate of drug-likeness (QED) is 0.347. The van der Waals surface area contributed by atoms with Crippen LogP contribution in [-0.4, -0.2) is 30.7 Å². The van der Waals surface area contributed by atoms with Crippen molar-refractivity contribution in [3.63, 3.8) is 0 Å².